The van der Waals surface area contributed by atoms with E-state index < -0.39 is 10.0 Å². The maximum absolute atomic E-state index is 11.4. The Bertz CT molecular complexity index is 459. The minimum atomic E-state index is -3.50. The van der Waals surface area contributed by atoms with Gasteiger partial charge in [-0.15, -0.1) is 0 Å². The molecule has 3 N–H and O–H groups in total. The van der Waals surface area contributed by atoms with Crippen LogP contribution in [-0.2, 0) is 16.6 Å². The molecule has 0 bridgehead atoms. The van der Waals surface area contributed by atoms with Gasteiger partial charge in [-0.1, -0.05) is 0 Å². The van der Waals surface area contributed by atoms with E-state index in [1.165, 1.54) is 13.1 Å². The lowest BCUT2D eigenvalue weighted by molar-refractivity contribution is 0.296. The Balaban J connectivity index is 2.24. The second-order valence-electron chi connectivity index (χ2n) is 3.79. The van der Waals surface area contributed by atoms with Crippen molar-refractivity contribution < 1.29 is 17.9 Å². The highest BCUT2D eigenvalue weighted by molar-refractivity contribution is 7.99. The quantitative estimate of drug-likeness (QED) is 0.542. The minimum Gasteiger partial charge on any atom is -0.447 e. The van der Waals surface area contributed by atoms with E-state index in [4.69, 9.17) is 9.52 Å². The van der Waals surface area contributed by atoms with Crippen molar-refractivity contribution in [3.05, 3.63) is 17.9 Å². The third-order valence-corrected chi connectivity index (χ3v) is 4.70. The molecule has 0 amide bonds. The highest BCUT2D eigenvalue weighted by Gasteiger charge is 2.15. The summed E-state index contributed by atoms with van der Waals surface area (Å²) in [6.07, 6.45) is 0.814. The van der Waals surface area contributed by atoms with Gasteiger partial charge in [0.25, 0.3) is 10.0 Å². The van der Waals surface area contributed by atoms with Gasteiger partial charge in [-0.05, 0) is 31.4 Å². The molecule has 8 heteroatoms. The van der Waals surface area contributed by atoms with Gasteiger partial charge in [0.05, 0.1) is 6.54 Å². The largest absolute Gasteiger partial charge is 0.447 e. The predicted octanol–water partition coefficient (Wildman–Crippen LogP) is 0.393. The van der Waals surface area contributed by atoms with Crippen LogP contribution in [-0.4, -0.2) is 45.2 Å². The molecule has 19 heavy (non-hydrogen) atoms. The molecule has 0 aliphatic carbocycles. The van der Waals surface area contributed by atoms with Crippen LogP contribution in [0, 0.1) is 0 Å². The van der Waals surface area contributed by atoms with Gasteiger partial charge in [0.15, 0.2) is 0 Å². The monoisotopic (exact) mass is 308 g/mol. The Hall–Kier alpha value is -0.540. The first-order chi connectivity index (χ1) is 9.10. The van der Waals surface area contributed by atoms with Crippen molar-refractivity contribution in [2.24, 2.45) is 0 Å². The molecule has 110 valence electrons. The van der Waals surface area contributed by atoms with E-state index in [0.29, 0.717) is 12.3 Å². The third kappa shape index (κ3) is 5.96. The average molecular weight is 308 g/mol. The molecule has 1 heterocycles. The van der Waals surface area contributed by atoms with Gasteiger partial charge in [-0.3, -0.25) is 0 Å². The first-order valence-electron chi connectivity index (χ1n) is 6.01. The Labute approximate surface area is 118 Å². The van der Waals surface area contributed by atoms with E-state index in [1.807, 2.05) is 0 Å². The van der Waals surface area contributed by atoms with E-state index >= 15 is 0 Å². The fraction of sp³-hybridized carbons (Fsp3) is 0.636. The van der Waals surface area contributed by atoms with Crippen molar-refractivity contribution in [2.75, 3.05) is 31.7 Å². The summed E-state index contributed by atoms with van der Waals surface area (Å²) in [5.74, 6) is 2.49. The van der Waals surface area contributed by atoms with Gasteiger partial charge < -0.3 is 14.8 Å². The number of rotatable bonds is 10. The van der Waals surface area contributed by atoms with Crippen LogP contribution in [0.1, 0.15) is 12.2 Å². The van der Waals surface area contributed by atoms with Gasteiger partial charge in [-0.2, -0.15) is 11.8 Å². The van der Waals surface area contributed by atoms with Crippen LogP contribution in [0.15, 0.2) is 21.6 Å². The van der Waals surface area contributed by atoms with Crippen molar-refractivity contribution in [3.63, 3.8) is 0 Å². The Morgan fingerprint density at radius 1 is 1.37 bits per heavy atom. The molecule has 1 aromatic rings. The number of aliphatic hydroxyl groups excluding tert-OH is 1. The number of nitrogens with one attached hydrogen (secondary N) is 2. The fourth-order valence-electron chi connectivity index (χ4n) is 1.32. The van der Waals surface area contributed by atoms with Crippen molar-refractivity contribution in [3.8, 4) is 0 Å². The molecule has 0 unspecified atom stereocenters. The SMILES string of the molecule is CNS(=O)(=O)c1ccc(CNCCSCCCO)o1. The second kappa shape index (κ2) is 8.60. The number of thioether (sulfide) groups is 1. The summed E-state index contributed by atoms with van der Waals surface area (Å²) < 4.78 is 30.3. The van der Waals surface area contributed by atoms with E-state index in [0.717, 1.165) is 24.5 Å². The third-order valence-electron chi connectivity index (χ3n) is 2.34. The van der Waals surface area contributed by atoms with E-state index in [1.54, 1.807) is 17.8 Å². The molecule has 0 radical (unpaired) electrons. The first-order valence-corrected chi connectivity index (χ1v) is 8.65. The van der Waals surface area contributed by atoms with Crippen molar-refractivity contribution >= 4 is 21.8 Å². The number of furan rings is 1. The van der Waals surface area contributed by atoms with Crippen LogP contribution in [0.3, 0.4) is 0 Å². The normalized spacial score (nSPS) is 11.9. The highest BCUT2D eigenvalue weighted by atomic mass is 32.2. The van der Waals surface area contributed by atoms with Crippen molar-refractivity contribution in [2.45, 2.75) is 18.1 Å². The molecule has 0 fully saturated rings. The molecule has 1 aromatic heterocycles. The zero-order valence-electron chi connectivity index (χ0n) is 10.9. The van der Waals surface area contributed by atoms with E-state index in [2.05, 4.69) is 10.0 Å². The summed E-state index contributed by atoms with van der Waals surface area (Å²) in [6, 6.07) is 3.09. The molecule has 0 spiro atoms. The standard InChI is InChI=1S/C11H20N2O4S2/c1-12-19(15,16)11-4-3-10(17-11)9-13-5-8-18-7-2-6-14/h3-4,12-14H,2,5-9H2,1H3. The number of aliphatic hydroxyl groups is 1. The summed E-state index contributed by atoms with van der Waals surface area (Å²) in [5.41, 5.74) is 0. The fourth-order valence-corrected chi connectivity index (χ4v) is 2.81. The van der Waals surface area contributed by atoms with Crippen LogP contribution in [0.25, 0.3) is 0 Å². The van der Waals surface area contributed by atoms with Gasteiger partial charge in [0.2, 0.25) is 5.09 Å². The molecule has 0 aromatic carbocycles. The average Bonchev–Trinajstić information content (AvgIpc) is 2.87. The molecular weight excluding hydrogens is 288 g/mol. The Morgan fingerprint density at radius 3 is 2.84 bits per heavy atom. The zero-order valence-corrected chi connectivity index (χ0v) is 12.5. The van der Waals surface area contributed by atoms with Crippen LogP contribution in [0.2, 0.25) is 0 Å². The van der Waals surface area contributed by atoms with Crippen molar-refractivity contribution in [1.82, 2.24) is 10.0 Å². The second-order valence-corrected chi connectivity index (χ2v) is 6.84. The summed E-state index contributed by atoms with van der Waals surface area (Å²) in [4.78, 5) is 0. The van der Waals surface area contributed by atoms with Crippen molar-refractivity contribution in [1.29, 1.82) is 0 Å². The maximum Gasteiger partial charge on any atom is 0.273 e. The lowest BCUT2D eigenvalue weighted by atomic mass is 10.4. The molecule has 6 nitrogen and oxygen atoms in total. The molecule has 0 aliphatic heterocycles. The molecule has 0 saturated heterocycles. The zero-order chi connectivity index (χ0) is 14.1. The smallest absolute Gasteiger partial charge is 0.273 e. The van der Waals surface area contributed by atoms with Crippen LogP contribution in [0.4, 0.5) is 0 Å². The Morgan fingerprint density at radius 2 is 2.16 bits per heavy atom. The summed E-state index contributed by atoms with van der Waals surface area (Å²) in [7, 11) is -2.15. The van der Waals surface area contributed by atoms with E-state index in [-0.39, 0.29) is 11.7 Å². The lowest BCUT2D eigenvalue weighted by Gasteiger charge is -2.02. The van der Waals surface area contributed by atoms with Crippen LogP contribution in [0.5, 0.6) is 0 Å². The Kier molecular flexibility index (Phi) is 7.47. The van der Waals surface area contributed by atoms with Gasteiger partial charge in [-0.25, -0.2) is 13.1 Å². The topological polar surface area (TPSA) is 91.6 Å². The van der Waals surface area contributed by atoms with Gasteiger partial charge in [0.1, 0.15) is 5.76 Å². The number of sulfonamides is 1. The highest BCUT2D eigenvalue weighted by Crippen LogP contribution is 2.13. The van der Waals surface area contributed by atoms with Crippen LogP contribution >= 0.6 is 11.8 Å². The molecule has 0 atom stereocenters. The molecule has 0 saturated carbocycles. The molecule has 0 aliphatic rings. The van der Waals surface area contributed by atoms with Crippen LogP contribution < -0.4 is 10.0 Å². The minimum absolute atomic E-state index is 0.0656. The first kappa shape index (κ1) is 16.5. The number of hydrogen-bond acceptors (Lipinski definition) is 6. The summed E-state index contributed by atoms with van der Waals surface area (Å²) in [5, 5.41) is 11.7. The summed E-state index contributed by atoms with van der Waals surface area (Å²) >= 11 is 1.77. The lowest BCUT2D eigenvalue weighted by Crippen LogP contribution is -2.18. The van der Waals surface area contributed by atoms with Gasteiger partial charge >= 0.3 is 0 Å². The predicted molar refractivity (Wildman–Crippen MR) is 75.7 cm³/mol. The number of hydrogen-bond donors (Lipinski definition) is 3. The maximum atomic E-state index is 11.4. The van der Waals surface area contributed by atoms with Gasteiger partial charge in [0, 0.05) is 18.9 Å². The molecular formula is C11H20N2O4S2. The molecule has 1 rings (SSSR count). The summed E-state index contributed by atoms with van der Waals surface area (Å²) in [6.45, 7) is 1.54. The van der Waals surface area contributed by atoms with E-state index in [9.17, 15) is 8.42 Å².